The molecule has 4 atom stereocenters. The van der Waals surface area contributed by atoms with Crippen molar-refractivity contribution in [2.75, 3.05) is 43.9 Å². The van der Waals surface area contributed by atoms with E-state index < -0.39 is 52.8 Å². The van der Waals surface area contributed by atoms with Crippen LogP contribution in [-0.2, 0) is 35.4 Å². The number of para-hydroxylation sites is 1. The smallest absolute Gasteiger partial charge is 0.410 e. The van der Waals surface area contributed by atoms with Crippen molar-refractivity contribution in [1.82, 2.24) is 59.2 Å². The van der Waals surface area contributed by atoms with Gasteiger partial charge >= 0.3 is 35.7 Å². The van der Waals surface area contributed by atoms with Crippen LogP contribution < -0.4 is 10.6 Å². The summed E-state index contributed by atoms with van der Waals surface area (Å²) in [6.07, 6.45) is 10.7. The Morgan fingerprint density at radius 2 is 1.17 bits per heavy atom. The number of carbonyl (C=O) groups is 4. The van der Waals surface area contributed by atoms with Crippen molar-refractivity contribution in [1.29, 1.82) is 0 Å². The average molecular weight is 1230 g/mol. The summed E-state index contributed by atoms with van der Waals surface area (Å²) in [5.74, 6) is -1.83. The molecular formula is C59H64N14O10S3. The number of piperidine rings is 2. The number of carbonyl (C=O) groups excluding carboxylic acids is 3. The van der Waals surface area contributed by atoms with Crippen LogP contribution >= 0.6 is 22.7 Å². The molecule has 0 unspecified atom stereocenters. The molecule has 2 aliphatic heterocycles. The number of H-pyrrole nitrogens is 1. The van der Waals surface area contributed by atoms with E-state index in [0.29, 0.717) is 31.3 Å². The first-order valence-corrected chi connectivity index (χ1v) is 29.8. The van der Waals surface area contributed by atoms with E-state index in [1.807, 2.05) is 100 Å². The summed E-state index contributed by atoms with van der Waals surface area (Å²) in [6, 6.07) is 17.4. The lowest BCUT2D eigenvalue weighted by Gasteiger charge is -2.37. The zero-order valence-corrected chi connectivity index (χ0v) is 51.1. The van der Waals surface area contributed by atoms with E-state index in [9.17, 15) is 24.3 Å². The molecule has 0 saturated carbocycles. The van der Waals surface area contributed by atoms with Crippen LogP contribution in [0.4, 0.5) is 21.5 Å². The summed E-state index contributed by atoms with van der Waals surface area (Å²) < 4.78 is 34.8. The first-order chi connectivity index (χ1) is 41.1. The summed E-state index contributed by atoms with van der Waals surface area (Å²) >= 11 is 2.32. The Kier molecular flexibility index (Phi) is 18.9. The van der Waals surface area contributed by atoms with Crippen molar-refractivity contribution in [2.24, 2.45) is 11.8 Å². The van der Waals surface area contributed by atoms with E-state index in [4.69, 9.17) is 42.6 Å². The fourth-order valence-electron chi connectivity index (χ4n) is 10.0. The Balaban J connectivity index is 0.000000199. The van der Waals surface area contributed by atoms with Gasteiger partial charge in [-0.2, -0.15) is 8.42 Å². The highest BCUT2D eigenvalue weighted by molar-refractivity contribution is 7.51. The average Bonchev–Trinajstić information content (AvgIpc) is 1.76. The van der Waals surface area contributed by atoms with Crippen LogP contribution in [0.1, 0.15) is 65.5 Å². The SMILES string of the molecule is COC(=O)[C@@H]1C[C@H](Nc2ncc(C)c(-c3cn(-c4ccccc4)c4nc(-c5nccs5)ccc34)n2)CN(C(=O)OC(C)(C)C)C1.Cc1cnc(N[C@H]2C[C@@H](C(=O)O)CN(C(=O)OC(C)(C)C)C2)nc1-c1c[nH]c2nc(-c3nccs3)ccc12.O=S=O. The molecular weight excluding hydrogens is 1160 g/mol. The molecule has 86 heavy (non-hydrogen) atoms. The monoisotopic (exact) mass is 1220 g/mol. The molecule has 0 radical (unpaired) electrons. The molecule has 2 amide bonds. The highest BCUT2D eigenvalue weighted by Gasteiger charge is 2.38. The molecule has 2 saturated heterocycles. The highest BCUT2D eigenvalue weighted by atomic mass is 32.1. The maximum Gasteiger partial charge on any atom is 0.410 e. The Morgan fingerprint density at radius 1 is 0.663 bits per heavy atom. The standard InChI is InChI=1S/C33H35N7O4S.C26H29N7O4S.O2S/c1-20-16-35-31(36-22-15-21(30(41)43-5)17-39(18-22)32(42)44-33(2,3)4)38-27(20)25-19-40(23-9-7-6-8-10-23)28-24(25)11-12-26(37-28)29-34-13-14-45-29;1-14-10-29-24(30-16-9-15(23(34)35)12-33(13-16)25(36)37-26(2,3)4)32-20(14)18-11-28-21-17(18)5-6-19(31-21)22-27-7-8-38-22;1-3-2/h6-14,16,19,21-22H,15,17-18H2,1-5H3,(H,35,36,38);5-8,10-11,15-16H,9,12-13H2,1-4H3,(H,28,31)(H,34,35)(H,29,30,32);/t21-,22+;15-,16+;/m11./s1. The zero-order valence-electron chi connectivity index (χ0n) is 48.6. The quantitative estimate of drug-likeness (QED) is 0.0691. The number of nitrogens with zero attached hydrogens (tertiary/aromatic N) is 11. The van der Waals surface area contributed by atoms with Gasteiger partial charge in [0.1, 0.15) is 43.9 Å². The van der Waals surface area contributed by atoms with Crippen molar-refractivity contribution in [3.05, 3.63) is 114 Å². The summed E-state index contributed by atoms with van der Waals surface area (Å²) in [7, 11) is 1.35. The second-order valence-electron chi connectivity index (χ2n) is 22.5. The van der Waals surface area contributed by atoms with Gasteiger partial charge in [-0.1, -0.05) is 18.2 Å². The molecule has 2 fully saturated rings. The molecule has 448 valence electrons. The maximum atomic E-state index is 13.0. The maximum absolute atomic E-state index is 13.0. The first kappa shape index (κ1) is 61.5. The van der Waals surface area contributed by atoms with Gasteiger partial charge in [-0.25, -0.2) is 49.5 Å². The Morgan fingerprint density at radius 3 is 1.69 bits per heavy atom. The number of amides is 2. The molecule has 2 aliphatic rings. The molecule has 27 heteroatoms. The van der Waals surface area contributed by atoms with Crippen LogP contribution in [0.15, 0.2) is 103 Å². The number of fused-ring (bicyclic) bond motifs is 2. The number of pyridine rings is 2. The number of hydrogen-bond acceptors (Lipinski definition) is 21. The molecule has 9 aromatic rings. The molecule has 4 N–H and O–H groups in total. The van der Waals surface area contributed by atoms with Crippen LogP contribution in [-0.4, -0.2) is 153 Å². The summed E-state index contributed by atoms with van der Waals surface area (Å²) in [4.78, 5) is 93.6. The second-order valence-corrected chi connectivity index (χ2v) is 24.4. The van der Waals surface area contributed by atoms with Crippen LogP contribution in [0.3, 0.4) is 0 Å². The van der Waals surface area contributed by atoms with Crippen molar-refractivity contribution in [2.45, 2.75) is 91.5 Å². The molecule has 10 heterocycles. The predicted octanol–water partition coefficient (Wildman–Crippen LogP) is 10.0. The number of carboxylic acids is 1. The van der Waals surface area contributed by atoms with Gasteiger partial charge in [-0.05, 0) is 116 Å². The van der Waals surface area contributed by atoms with E-state index >= 15 is 0 Å². The van der Waals surface area contributed by atoms with Crippen molar-refractivity contribution < 1.29 is 46.9 Å². The van der Waals surface area contributed by atoms with Gasteiger partial charge in [-0.3, -0.25) is 9.59 Å². The van der Waals surface area contributed by atoms with Crippen molar-refractivity contribution in [3.8, 4) is 49.6 Å². The third-order valence-electron chi connectivity index (χ3n) is 13.7. The summed E-state index contributed by atoms with van der Waals surface area (Å²) in [6.45, 7) is 15.6. The number of aromatic nitrogens is 10. The topological polar surface area (TPSA) is 305 Å². The number of nitrogens with one attached hydrogen (secondary N) is 3. The normalized spacial score (nSPS) is 16.9. The van der Waals surface area contributed by atoms with Gasteiger partial charge in [0.15, 0.2) is 0 Å². The molecule has 11 rings (SSSR count). The lowest BCUT2D eigenvalue weighted by Crippen LogP contribution is -2.52. The van der Waals surface area contributed by atoms with E-state index in [0.717, 1.165) is 82.8 Å². The predicted molar refractivity (Wildman–Crippen MR) is 326 cm³/mol. The number of aliphatic carboxylic acids is 1. The Labute approximate surface area is 506 Å². The number of ether oxygens (including phenoxy) is 3. The van der Waals surface area contributed by atoms with Crippen LogP contribution in [0.5, 0.6) is 0 Å². The van der Waals surface area contributed by atoms with Crippen molar-refractivity contribution in [3.63, 3.8) is 0 Å². The number of hydrogen-bond donors (Lipinski definition) is 4. The number of thiazole rings is 2. The van der Waals surface area contributed by atoms with Gasteiger partial charge in [0.25, 0.3) is 0 Å². The molecule has 0 aliphatic carbocycles. The molecule has 0 spiro atoms. The van der Waals surface area contributed by atoms with Gasteiger partial charge in [0, 0.05) is 114 Å². The zero-order chi connectivity index (χ0) is 61.5. The largest absolute Gasteiger partial charge is 0.481 e. The minimum Gasteiger partial charge on any atom is -0.481 e. The number of carboxylic acid groups (broad SMARTS) is 1. The van der Waals surface area contributed by atoms with Crippen LogP contribution in [0.2, 0.25) is 0 Å². The molecule has 1 aromatic carbocycles. The number of esters is 1. The van der Waals surface area contributed by atoms with Gasteiger partial charge in [0.05, 0.1) is 30.3 Å². The third kappa shape index (κ3) is 14.9. The minimum absolute atomic E-state index is 0.0910. The molecule has 24 nitrogen and oxygen atoms in total. The molecule has 8 aromatic heterocycles. The van der Waals surface area contributed by atoms with E-state index in [1.165, 1.54) is 23.3 Å². The number of likely N-dealkylation sites (tertiary alicyclic amines) is 2. The number of aryl methyl sites for hydroxylation is 2. The lowest BCUT2D eigenvalue weighted by molar-refractivity contribution is -0.147. The van der Waals surface area contributed by atoms with E-state index in [-0.39, 0.29) is 37.7 Å². The Bertz CT molecular complexity index is 3920. The number of anilines is 2. The number of methoxy groups -OCH3 is 1. The first-order valence-electron chi connectivity index (χ1n) is 27.3. The fraction of sp³-hybridized carbons (Fsp3) is 0.356. The second kappa shape index (κ2) is 26.5. The summed E-state index contributed by atoms with van der Waals surface area (Å²) in [5.41, 5.74) is 7.77. The van der Waals surface area contributed by atoms with E-state index in [2.05, 4.69) is 52.4 Å². The minimum atomic E-state index is -0.959. The third-order valence-corrected chi connectivity index (χ3v) is 15.3. The highest BCUT2D eigenvalue weighted by Crippen LogP contribution is 2.36. The van der Waals surface area contributed by atoms with Gasteiger partial charge in [-0.15, -0.1) is 22.7 Å². The van der Waals surface area contributed by atoms with Crippen LogP contribution in [0.25, 0.3) is 71.7 Å². The fourth-order valence-corrected chi connectivity index (χ4v) is 11.2. The Hall–Kier alpha value is -9.08. The summed E-state index contributed by atoms with van der Waals surface area (Å²) in [5, 5.41) is 23.7. The molecule has 0 bridgehead atoms. The van der Waals surface area contributed by atoms with E-state index in [1.54, 1.807) is 61.8 Å². The number of aromatic amines is 1. The van der Waals surface area contributed by atoms with Gasteiger partial charge in [0.2, 0.25) is 11.9 Å². The number of benzene rings is 1. The van der Waals surface area contributed by atoms with Crippen LogP contribution in [0, 0.1) is 25.7 Å². The lowest BCUT2D eigenvalue weighted by atomic mass is 9.94. The van der Waals surface area contributed by atoms with Gasteiger partial charge < -0.3 is 49.3 Å². The van der Waals surface area contributed by atoms with Crippen molar-refractivity contribution >= 4 is 92.3 Å². The number of rotatable bonds is 11.